The van der Waals surface area contributed by atoms with Gasteiger partial charge in [0.15, 0.2) is 23.1 Å². The number of Topliss-reactive ketones (excluding diaryl/α,β-unsaturated/α-hetero) is 2. The van der Waals surface area contributed by atoms with Gasteiger partial charge in [-0.3, -0.25) is 9.59 Å². The normalized spacial score (nSPS) is 30.8. The molecule has 182 valence electrons. The minimum Gasteiger partial charge on any atom is -0.491 e. The Kier molecular flexibility index (Phi) is 6.27. The number of halogens is 4. The summed E-state index contributed by atoms with van der Waals surface area (Å²) in [5.74, 6) is -2.91. The fourth-order valence-corrected chi connectivity index (χ4v) is 5.31. The van der Waals surface area contributed by atoms with Crippen LogP contribution in [0.3, 0.4) is 0 Å². The van der Waals surface area contributed by atoms with Gasteiger partial charge in [-0.25, -0.2) is 13.2 Å². The molecule has 2 aliphatic rings. The Morgan fingerprint density at radius 3 is 2.44 bits per heavy atom. The van der Waals surface area contributed by atoms with E-state index in [-0.39, 0.29) is 29.4 Å². The first-order valence-electron chi connectivity index (χ1n) is 10.6. The van der Waals surface area contributed by atoms with Crippen LogP contribution in [0.5, 0.6) is 5.75 Å². The van der Waals surface area contributed by atoms with Crippen LogP contribution in [0.15, 0.2) is 36.4 Å². The monoisotopic (exact) mass is 498 g/mol. The predicted molar refractivity (Wildman–Crippen MR) is 115 cm³/mol. The van der Waals surface area contributed by atoms with Gasteiger partial charge in [-0.15, -0.1) is 0 Å². The van der Waals surface area contributed by atoms with Gasteiger partial charge in [-0.2, -0.15) is 0 Å². The number of hydrogen-bond acceptors (Lipinski definition) is 6. The van der Waals surface area contributed by atoms with Gasteiger partial charge in [0.05, 0.1) is 6.61 Å². The zero-order chi connectivity index (χ0) is 25.0. The Balaban J connectivity index is 1.79. The summed E-state index contributed by atoms with van der Waals surface area (Å²) in [4.78, 5) is 26.4. The van der Waals surface area contributed by atoms with Crippen LogP contribution >= 0.6 is 11.6 Å². The van der Waals surface area contributed by atoms with Gasteiger partial charge in [0.1, 0.15) is 29.1 Å². The Morgan fingerprint density at radius 1 is 1.12 bits per heavy atom. The first-order chi connectivity index (χ1) is 16.0. The van der Waals surface area contributed by atoms with Crippen molar-refractivity contribution in [1.29, 1.82) is 0 Å². The van der Waals surface area contributed by atoms with Crippen molar-refractivity contribution >= 4 is 23.2 Å². The highest BCUT2D eigenvalue weighted by atomic mass is 35.5. The van der Waals surface area contributed by atoms with Crippen molar-refractivity contribution in [3.05, 3.63) is 63.9 Å². The Bertz CT molecular complexity index is 1160. The lowest BCUT2D eigenvalue weighted by atomic mass is 9.60. The maximum atomic E-state index is 14.3. The number of ketones is 2. The van der Waals surface area contributed by atoms with Crippen LogP contribution in [-0.2, 0) is 21.4 Å². The third-order valence-corrected chi connectivity index (χ3v) is 7.24. The van der Waals surface area contributed by atoms with Crippen molar-refractivity contribution in [2.45, 2.75) is 49.9 Å². The molecular formula is C24H22ClF3O6. The van der Waals surface area contributed by atoms with Crippen molar-refractivity contribution < 1.29 is 42.8 Å². The molecule has 4 rings (SSSR count). The molecule has 0 heterocycles. The topological polar surface area (TPSA) is 104 Å². The van der Waals surface area contributed by atoms with Crippen LogP contribution in [0.4, 0.5) is 13.2 Å². The minimum atomic E-state index is -3.44. The maximum Gasteiger partial charge on any atom is 0.254 e. The lowest BCUT2D eigenvalue weighted by Crippen LogP contribution is -2.67. The third kappa shape index (κ3) is 3.29. The molecule has 2 bridgehead atoms. The van der Waals surface area contributed by atoms with Crippen molar-refractivity contribution in [2.75, 3.05) is 6.61 Å². The van der Waals surface area contributed by atoms with E-state index in [0.717, 1.165) is 0 Å². The van der Waals surface area contributed by atoms with Gasteiger partial charge in [-0.1, -0.05) is 29.8 Å². The molecule has 2 aromatic rings. The molecule has 0 spiro atoms. The van der Waals surface area contributed by atoms with Crippen LogP contribution in [0.25, 0.3) is 0 Å². The van der Waals surface area contributed by atoms with E-state index >= 15 is 0 Å². The van der Waals surface area contributed by atoms with E-state index in [4.69, 9.17) is 16.3 Å². The highest BCUT2D eigenvalue weighted by Gasteiger charge is 2.77. The van der Waals surface area contributed by atoms with Gasteiger partial charge in [-0.05, 0) is 48.2 Å². The summed E-state index contributed by atoms with van der Waals surface area (Å²) in [6.45, 7) is 1.99. The molecule has 2 saturated carbocycles. The molecule has 0 aliphatic heterocycles. The number of alkyl halides is 2. The minimum absolute atomic E-state index is 0.0513. The lowest BCUT2D eigenvalue weighted by Gasteiger charge is -2.45. The van der Waals surface area contributed by atoms with Gasteiger partial charge in [0.2, 0.25) is 0 Å². The van der Waals surface area contributed by atoms with Gasteiger partial charge in [0, 0.05) is 11.4 Å². The number of hydrogen-bond donors (Lipinski definition) is 3. The van der Waals surface area contributed by atoms with E-state index in [1.54, 1.807) is 13.0 Å². The predicted octanol–water partition coefficient (Wildman–Crippen LogP) is 2.60. The standard InChI is InChI=1S/C24H22ClF3O6/c1-2-34-16-6-3-11(8-15(16)26)7-12-9-13(4-5-14(12)25)24-17(29)10-23(21(24)33,22(27)28)19(31)18(30)20(24)32/h3-6,8-9,18-20,22,30-32H,2,7,10H2,1H3/t18-,19-,20+,23+,24-/m1/s1. The molecule has 6 nitrogen and oxygen atoms in total. The van der Waals surface area contributed by atoms with Crippen LogP contribution in [0.1, 0.15) is 30.0 Å². The number of rotatable bonds is 6. The molecule has 5 atom stereocenters. The molecule has 0 aromatic heterocycles. The highest BCUT2D eigenvalue weighted by Crippen LogP contribution is 2.57. The van der Waals surface area contributed by atoms with Crippen molar-refractivity contribution in [3.63, 3.8) is 0 Å². The number of aliphatic hydroxyl groups is 3. The summed E-state index contributed by atoms with van der Waals surface area (Å²) in [5, 5.41) is 31.5. The summed E-state index contributed by atoms with van der Waals surface area (Å²) in [6.07, 6.45) is -11.0. The number of carbonyl (C=O) groups excluding carboxylic acids is 2. The Morgan fingerprint density at radius 2 is 1.82 bits per heavy atom. The molecule has 2 aromatic carbocycles. The summed E-state index contributed by atoms with van der Waals surface area (Å²) in [5.41, 5.74) is -4.63. The smallest absolute Gasteiger partial charge is 0.254 e. The number of carbonyl (C=O) groups is 2. The summed E-state index contributed by atoms with van der Waals surface area (Å²) >= 11 is 6.28. The Labute approximate surface area is 197 Å². The molecule has 34 heavy (non-hydrogen) atoms. The number of fused-ring (bicyclic) bond motifs is 2. The second kappa shape index (κ2) is 8.64. The number of aliphatic hydroxyl groups excluding tert-OH is 3. The first-order valence-corrected chi connectivity index (χ1v) is 11.0. The lowest BCUT2D eigenvalue weighted by molar-refractivity contribution is -0.194. The van der Waals surface area contributed by atoms with Crippen LogP contribution in [0, 0.1) is 11.2 Å². The van der Waals surface area contributed by atoms with Crippen molar-refractivity contribution in [3.8, 4) is 5.75 Å². The molecule has 0 unspecified atom stereocenters. The first kappa shape index (κ1) is 24.7. The van der Waals surface area contributed by atoms with E-state index in [1.807, 2.05) is 0 Å². The van der Waals surface area contributed by atoms with E-state index in [1.165, 1.54) is 30.3 Å². The van der Waals surface area contributed by atoms with Crippen molar-refractivity contribution in [1.82, 2.24) is 0 Å². The van der Waals surface area contributed by atoms with E-state index in [9.17, 15) is 38.1 Å². The molecule has 0 saturated heterocycles. The zero-order valence-corrected chi connectivity index (χ0v) is 18.7. The molecule has 2 aliphatic carbocycles. The van der Waals surface area contributed by atoms with E-state index < -0.39 is 59.4 Å². The summed E-state index contributed by atoms with van der Waals surface area (Å²) in [6, 6.07) is 8.15. The largest absolute Gasteiger partial charge is 0.491 e. The molecule has 0 amide bonds. The van der Waals surface area contributed by atoms with Gasteiger partial charge in [0.25, 0.3) is 6.43 Å². The van der Waals surface area contributed by atoms with Crippen molar-refractivity contribution in [2.24, 2.45) is 5.41 Å². The molecular weight excluding hydrogens is 477 g/mol. The van der Waals surface area contributed by atoms with Crippen LogP contribution in [-0.4, -0.2) is 58.2 Å². The van der Waals surface area contributed by atoms with Crippen LogP contribution in [0.2, 0.25) is 5.02 Å². The fourth-order valence-electron chi connectivity index (χ4n) is 5.12. The molecule has 3 N–H and O–H groups in total. The van der Waals surface area contributed by atoms with E-state index in [2.05, 4.69) is 0 Å². The number of benzene rings is 2. The zero-order valence-electron chi connectivity index (χ0n) is 18.0. The molecule has 10 heteroatoms. The van der Waals surface area contributed by atoms with E-state index in [0.29, 0.717) is 11.1 Å². The Hall–Kier alpha value is -2.46. The van der Waals surface area contributed by atoms with Gasteiger partial charge >= 0.3 is 0 Å². The quantitative estimate of drug-likeness (QED) is 0.529. The third-order valence-electron chi connectivity index (χ3n) is 6.87. The molecule has 2 fully saturated rings. The number of ether oxygens (including phenoxy) is 1. The van der Waals surface area contributed by atoms with Gasteiger partial charge < -0.3 is 20.1 Å². The maximum absolute atomic E-state index is 14.3. The SMILES string of the molecule is CCOc1ccc(Cc2cc([C@]34C(=O)C[C@@](C(F)F)(C3=O)[C@H](O)[C@@H](O)[C@@H]4O)ccc2Cl)cc1F. The molecule has 0 radical (unpaired) electrons. The second-order valence-electron chi connectivity index (χ2n) is 8.64. The van der Waals surface area contributed by atoms with Crippen LogP contribution < -0.4 is 4.74 Å². The second-order valence-corrected chi connectivity index (χ2v) is 9.05. The highest BCUT2D eigenvalue weighted by molar-refractivity contribution is 6.31. The average molecular weight is 499 g/mol. The average Bonchev–Trinajstić information content (AvgIpc) is 3.00. The summed E-state index contributed by atoms with van der Waals surface area (Å²) in [7, 11) is 0. The summed E-state index contributed by atoms with van der Waals surface area (Å²) < 4.78 is 47.5. The fraction of sp³-hybridized carbons (Fsp3) is 0.417.